The second kappa shape index (κ2) is 10.5. The molecule has 2 aliphatic heterocycles. The highest BCUT2D eigenvalue weighted by atomic mass is 19.2. The van der Waals surface area contributed by atoms with E-state index in [1.807, 2.05) is 6.92 Å². The van der Waals surface area contributed by atoms with Gasteiger partial charge in [-0.2, -0.15) is 0 Å². The Hall–Kier alpha value is -2.69. The van der Waals surface area contributed by atoms with E-state index >= 15 is 13.2 Å². The Morgan fingerprint density at radius 2 is 1.84 bits per heavy atom. The Morgan fingerprint density at radius 1 is 1.13 bits per heavy atom. The van der Waals surface area contributed by atoms with Crippen LogP contribution < -0.4 is 5.32 Å². The quantitative estimate of drug-likeness (QED) is 0.333. The number of benzene rings is 2. The van der Waals surface area contributed by atoms with Crippen LogP contribution in [0, 0.1) is 17.5 Å². The van der Waals surface area contributed by atoms with Crippen molar-refractivity contribution < 1.29 is 27.1 Å². The van der Waals surface area contributed by atoms with Crippen LogP contribution in [0.25, 0.3) is 10.9 Å². The van der Waals surface area contributed by atoms with Gasteiger partial charge in [0.15, 0.2) is 0 Å². The first-order valence-electron chi connectivity index (χ1n) is 13.0. The van der Waals surface area contributed by atoms with Crippen LogP contribution in [0.5, 0.6) is 0 Å². The van der Waals surface area contributed by atoms with E-state index in [0.717, 1.165) is 5.56 Å². The maximum Gasteiger partial charge on any atom is 0.143 e. The number of aromatic amines is 1. The fraction of sp³-hybridized carbons (Fsp3) is 0.500. The summed E-state index contributed by atoms with van der Waals surface area (Å²) < 4.78 is 73.1. The van der Waals surface area contributed by atoms with Crippen molar-refractivity contribution in [2.24, 2.45) is 0 Å². The predicted molar refractivity (Wildman–Crippen MR) is 137 cm³/mol. The van der Waals surface area contributed by atoms with Gasteiger partial charge in [0.1, 0.15) is 23.1 Å². The number of nitrogens with zero attached hydrogens (tertiary/aromatic N) is 2. The van der Waals surface area contributed by atoms with Gasteiger partial charge in [0.25, 0.3) is 0 Å². The Balaban J connectivity index is 1.52. The minimum atomic E-state index is -2.01. The van der Waals surface area contributed by atoms with Crippen LogP contribution in [0.3, 0.4) is 0 Å². The minimum Gasteiger partial charge on any atom is -0.393 e. The summed E-state index contributed by atoms with van der Waals surface area (Å²) in [5.41, 5.74) is -0.0993. The molecule has 2 aliphatic rings. The molecular weight excluding hydrogens is 503 g/mol. The first-order chi connectivity index (χ1) is 18.1. The third kappa shape index (κ3) is 5.13. The predicted octanol–water partition coefficient (Wildman–Crippen LogP) is 5.10. The molecule has 1 fully saturated rings. The number of nitrogens with one attached hydrogen (secondary N) is 2. The fourth-order valence-corrected chi connectivity index (χ4v) is 5.81. The number of aromatic nitrogens is 1. The van der Waals surface area contributed by atoms with E-state index in [1.54, 1.807) is 11.0 Å². The van der Waals surface area contributed by atoms with Gasteiger partial charge in [-0.25, -0.2) is 17.6 Å². The minimum absolute atomic E-state index is 0.00234. The van der Waals surface area contributed by atoms with Crippen molar-refractivity contribution >= 4 is 16.6 Å². The highest BCUT2D eigenvalue weighted by Gasteiger charge is 2.42. The van der Waals surface area contributed by atoms with Crippen LogP contribution in [0.4, 0.5) is 27.6 Å². The highest BCUT2D eigenvalue weighted by Crippen LogP contribution is 2.43. The van der Waals surface area contributed by atoms with Crippen LogP contribution in [0.2, 0.25) is 0 Å². The highest BCUT2D eigenvalue weighted by molar-refractivity contribution is 5.85. The summed E-state index contributed by atoms with van der Waals surface area (Å²) in [6.45, 7) is 3.66. The van der Waals surface area contributed by atoms with Crippen molar-refractivity contribution in [2.45, 2.75) is 50.5 Å². The number of likely N-dealkylation sites (tertiary alicyclic amines) is 1. The van der Waals surface area contributed by atoms with Crippen molar-refractivity contribution in [2.75, 3.05) is 44.8 Å². The molecule has 3 N–H and O–H groups in total. The largest absolute Gasteiger partial charge is 0.393 e. The van der Waals surface area contributed by atoms with Gasteiger partial charge >= 0.3 is 0 Å². The molecule has 0 aliphatic carbocycles. The number of rotatable bonds is 9. The molecule has 5 nitrogen and oxygen atoms in total. The van der Waals surface area contributed by atoms with Gasteiger partial charge in [0.05, 0.1) is 25.4 Å². The van der Waals surface area contributed by atoms with E-state index in [-0.39, 0.29) is 30.9 Å². The molecule has 0 amide bonds. The second-order valence-electron chi connectivity index (χ2n) is 10.9. The maximum absolute atomic E-state index is 15.8. The van der Waals surface area contributed by atoms with Gasteiger partial charge in [-0.1, -0.05) is 0 Å². The topological polar surface area (TPSA) is 54.5 Å². The van der Waals surface area contributed by atoms with Crippen molar-refractivity contribution in [1.82, 2.24) is 14.8 Å². The molecule has 1 unspecified atom stereocenters. The summed E-state index contributed by atoms with van der Waals surface area (Å²) in [6, 6.07) is 5.40. The first-order valence-corrected chi connectivity index (χ1v) is 13.0. The van der Waals surface area contributed by atoms with Crippen LogP contribution in [-0.2, 0) is 6.42 Å². The number of anilines is 1. The molecule has 2 aromatic carbocycles. The van der Waals surface area contributed by atoms with Crippen LogP contribution in [0.1, 0.15) is 43.1 Å². The first kappa shape index (κ1) is 26.9. The summed E-state index contributed by atoms with van der Waals surface area (Å²) in [7, 11) is 0. The number of fused-ring (bicyclic) bond motifs is 3. The zero-order valence-corrected chi connectivity index (χ0v) is 21.5. The van der Waals surface area contributed by atoms with Crippen molar-refractivity contribution in [3.8, 4) is 0 Å². The summed E-state index contributed by atoms with van der Waals surface area (Å²) in [5, 5.41) is 13.4. The van der Waals surface area contributed by atoms with E-state index < -0.39 is 35.8 Å². The average Bonchev–Trinajstić information content (AvgIpc) is 3.18. The number of hydrogen-bond donors (Lipinski definition) is 3. The molecule has 3 heterocycles. The van der Waals surface area contributed by atoms with E-state index in [1.165, 1.54) is 31.2 Å². The van der Waals surface area contributed by atoms with Gasteiger partial charge in [0, 0.05) is 60.1 Å². The number of hydrogen-bond acceptors (Lipinski definition) is 4. The summed E-state index contributed by atoms with van der Waals surface area (Å²) >= 11 is 0. The number of halogens is 5. The van der Waals surface area contributed by atoms with E-state index in [9.17, 15) is 13.9 Å². The lowest BCUT2D eigenvalue weighted by molar-refractivity contribution is 0.0162. The fourth-order valence-electron chi connectivity index (χ4n) is 5.81. The molecule has 0 spiro atoms. The molecule has 0 radical (unpaired) electrons. The lowest BCUT2D eigenvalue weighted by atomic mass is 9.87. The molecule has 5 rings (SSSR count). The molecule has 0 saturated carbocycles. The Bertz CT molecular complexity index is 1280. The van der Waals surface area contributed by atoms with Gasteiger partial charge in [0.2, 0.25) is 0 Å². The molecule has 10 heteroatoms. The Morgan fingerprint density at radius 3 is 2.50 bits per heavy atom. The van der Waals surface area contributed by atoms with Gasteiger partial charge in [-0.15, -0.1) is 0 Å². The lowest BCUT2D eigenvalue weighted by Crippen LogP contribution is -2.54. The van der Waals surface area contributed by atoms with Gasteiger partial charge in [-0.05, 0) is 62.6 Å². The SMILES string of the molecule is C[C@H]1Cc2c([nH]c3ccc(F)cc23)[C@@H](c2c(F)cc(NC3CN(CCCF)C3)cc2F)N1CC(C)(F)CO. The maximum atomic E-state index is 15.8. The third-order valence-corrected chi connectivity index (χ3v) is 7.70. The number of aliphatic hydroxyl groups is 1. The summed E-state index contributed by atoms with van der Waals surface area (Å²) in [4.78, 5) is 6.94. The molecule has 206 valence electrons. The van der Waals surface area contributed by atoms with Crippen LogP contribution >= 0.6 is 0 Å². The van der Waals surface area contributed by atoms with Crippen molar-refractivity contribution in [1.29, 1.82) is 0 Å². The summed E-state index contributed by atoms with van der Waals surface area (Å²) in [6.07, 6.45) is 0.873. The van der Waals surface area contributed by atoms with Gasteiger partial charge < -0.3 is 15.4 Å². The average molecular weight is 537 g/mol. The van der Waals surface area contributed by atoms with Crippen LogP contribution in [-0.4, -0.2) is 77.1 Å². The smallest absolute Gasteiger partial charge is 0.143 e. The third-order valence-electron chi connectivity index (χ3n) is 7.70. The lowest BCUT2D eigenvalue weighted by Gasteiger charge is -2.43. The second-order valence-corrected chi connectivity index (χ2v) is 10.9. The number of aliphatic hydroxyl groups excluding tert-OH is 1. The monoisotopic (exact) mass is 536 g/mol. The summed E-state index contributed by atoms with van der Waals surface area (Å²) in [5.74, 6) is -1.99. The van der Waals surface area contributed by atoms with E-state index in [0.29, 0.717) is 54.8 Å². The number of alkyl halides is 2. The van der Waals surface area contributed by atoms with E-state index in [4.69, 9.17) is 0 Å². The molecular formula is C28H33F5N4O. The molecule has 3 aromatic rings. The molecule has 1 saturated heterocycles. The number of H-pyrrole nitrogens is 1. The van der Waals surface area contributed by atoms with E-state index in [2.05, 4.69) is 15.2 Å². The Labute approximate surface area is 218 Å². The molecule has 1 aromatic heterocycles. The Kier molecular flexibility index (Phi) is 7.41. The van der Waals surface area contributed by atoms with Crippen molar-refractivity contribution in [3.05, 3.63) is 64.6 Å². The van der Waals surface area contributed by atoms with Crippen molar-refractivity contribution in [3.63, 3.8) is 0 Å². The molecule has 0 bridgehead atoms. The zero-order valence-electron chi connectivity index (χ0n) is 21.5. The normalized spacial score (nSPS) is 22.3. The zero-order chi connectivity index (χ0) is 27.2. The standard InChI is InChI=1S/C28H33F5N4O/c1-16-8-21-20-9-17(30)4-5-24(20)35-26(21)27(37(16)14-28(2,33)15-38)25-22(31)10-18(11-23(25)32)34-19-12-36(13-19)7-3-6-29/h4-5,9-11,16,19,27,34-35,38H,3,6-8,12-15H2,1-2H3/t16-,27+,28?/m0/s1. The molecule has 3 atom stereocenters. The van der Waals surface area contributed by atoms with Crippen LogP contribution in [0.15, 0.2) is 30.3 Å². The van der Waals surface area contributed by atoms with Gasteiger partial charge in [-0.3, -0.25) is 14.2 Å². The molecule has 38 heavy (non-hydrogen) atoms.